The second-order valence-electron chi connectivity index (χ2n) is 8.47. The van der Waals surface area contributed by atoms with Crippen molar-refractivity contribution < 1.29 is 27.1 Å². The minimum atomic E-state index is -4.13. The summed E-state index contributed by atoms with van der Waals surface area (Å²) in [6.45, 7) is 1.83. The molecule has 9 heteroatoms. The number of methoxy groups -OCH3 is 1. The van der Waals surface area contributed by atoms with Crippen LogP contribution in [-0.2, 0) is 21.2 Å². The molecule has 1 aliphatic carbocycles. The van der Waals surface area contributed by atoms with E-state index in [0.29, 0.717) is 12.4 Å². The number of aryl methyl sites for hydroxylation is 1. The van der Waals surface area contributed by atoms with Crippen LogP contribution in [0.3, 0.4) is 0 Å². The zero-order chi connectivity index (χ0) is 25.7. The molecule has 36 heavy (non-hydrogen) atoms. The highest BCUT2D eigenvalue weighted by atomic mass is 32.2. The van der Waals surface area contributed by atoms with Gasteiger partial charge in [0.05, 0.1) is 30.3 Å². The van der Waals surface area contributed by atoms with Gasteiger partial charge in [-0.15, -0.1) is 0 Å². The molecule has 0 aromatic heterocycles. The second kappa shape index (κ2) is 11.0. The lowest BCUT2D eigenvalue weighted by molar-refractivity contribution is -0.120. The van der Waals surface area contributed by atoms with Gasteiger partial charge in [0.1, 0.15) is 23.9 Å². The normalized spacial score (nSPS) is 15.0. The summed E-state index contributed by atoms with van der Waals surface area (Å²) in [6.07, 6.45) is 2.51. The summed E-state index contributed by atoms with van der Waals surface area (Å²) in [5.41, 5.74) is 2.29. The number of amides is 1. The fraction of sp³-hybridized carbons (Fsp3) is 0.296. The zero-order valence-electron chi connectivity index (χ0n) is 20.2. The zero-order valence-corrected chi connectivity index (χ0v) is 21.1. The van der Waals surface area contributed by atoms with E-state index in [9.17, 15) is 17.6 Å². The summed E-state index contributed by atoms with van der Waals surface area (Å²) in [7, 11) is -2.52. The topological polar surface area (TPSA) is 84.9 Å². The van der Waals surface area contributed by atoms with Gasteiger partial charge >= 0.3 is 0 Å². The molecular weight excluding hydrogens is 483 g/mol. The standard InChI is InChI=1S/C27H29FN2O5S/c1-3-35-22-11-14-24(15-12-22)36(32,33)30(21-9-7-20(28)8-10-21)18-27(31)29-26-6-4-5-19-17-23(34-2)13-16-25(19)26/h7-17,26H,3-6,18H2,1-2H3,(H,29,31). The summed E-state index contributed by atoms with van der Waals surface area (Å²) in [5.74, 6) is 0.332. The number of nitrogens with zero attached hydrogens (tertiary/aromatic N) is 1. The molecular formula is C27H29FN2O5S. The molecule has 4 rings (SSSR count). The second-order valence-corrected chi connectivity index (χ2v) is 10.3. The maximum atomic E-state index is 13.6. The number of nitrogens with one attached hydrogen (secondary N) is 1. The summed E-state index contributed by atoms with van der Waals surface area (Å²) in [6, 6.07) is 16.5. The number of fused-ring (bicyclic) bond motifs is 1. The number of hydrogen-bond acceptors (Lipinski definition) is 5. The molecule has 190 valence electrons. The third kappa shape index (κ3) is 5.62. The monoisotopic (exact) mass is 512 g/mol. The first kappa shape index (κ1) is 25.5. The van der Waals surface area contributed by atoms with Crippen LogP contribution in [0.1, 0.15) is 36.9 Å². The first-order chi connectivity index (χ1) is 17.3. The van der Waals surface area contributed by atoms with Crippen molar-refractivity contribution in [3.8, 4) is 11.5 Å². The van der Waals surface area contributed by atoms with E-state index in [1.54, 1.807) is 19.2 Å². The third-order valence-electron chi connectivity index (χ3n) is 6.12. The summed E-state index contributed by atoms with van der Waals surface area (Å²) < 4.78 is 52.5. The van der Waals surface area contributed by atoms with Crippen molar-refractivity contribution in [1.29, 1.82) is 0 Å². The van der Waals surface area contributed by atoms with Gasteiger partial charge in [-0.05, 0) is 98.0 Å². The van der Waals surface area contributed by atoms with Crippen LogP contribution >= 0.6 is 0 Å². The van der Waals surface area contributed by atoms with Crippen molar-refractivity contribution in [2.45, 2.75) is 37.1 Å². The number of anilines is 1. The molecule has 0 aliphatic heterocycles. The van der Waals surface area contributed by atoms with Crippen LogP contribution in [0.15, 0.2) is 71.6 Å². The van der Waals surface area contributed by atoms with E-state index in [0.717, 1.165) is 40.4 Å². The van der Waals surface area contributed by atoms with Gasteiger partial charge < -0.3 is 14.8 Å². The van der Waals surface area contributed by atoms with Crippen LogP contribution in [0.25, 0.3) is 0 Å². The van der Waals surface area contributed by atoms with Gasteiger partial charge in [-0.25, -0.2) is 12.8 Å². The quantitative estimate of drug-likeness (QED) is 0.452. The molecule has 0 bridgehead atoms. The molecule has 1 N–H and O–H groups in total. The Balaban J connectivity index is 1.59. The molecule has 1 unspecified atom stereocenters. The predicted octanol–water partition coefficient (Wildman–Crippen LogP) is 4.62. The minimum absolute atomic E-state index is 0.00168. The van der Waals surface area contributed by atoms with Crippen molar-refractivity contribution in [2.75, 3.05) is 24.6 Å². The van der Waals surface area contributed by atoms with E-state index in [2.05, 4.69) is 5.32 Å². The first-order valence-electron chi connectivity index (χ1n) is 11.8. The van der Waals surface area contributed by atoms with Crippen LogP contribution in [0.4, 0.5) is 10.1 Å². The SMILES string of the molecule is CCOc1ccc(S(=O)(=O)N(CC(=O)NC2CCCc3cc(OC)ccc32)c2ccc(F)cc2)cc1. The Morgan fingerprint density at radius 2 is 1.75 bits per heavy atom. The number of carbonyl (C=O) groups excluding carboxylic acids is 1. The molecule has 1 aliphatic rings. The number of sulfonamides is 1. The summed E-state index contributed by atoms with van der Waals surface area (Å²) in [4.78, 5) is 13.2. The molecule has 0 fully saturated rings. The highest BCUT2D eigenvalue weighted by molar-refractivity contribution is 7.92. The predicted molar refractivity (Wildman–Crippen MR) is 135 cm³/mol. The number of rotatable bonds is 9. The van der Waals surface area contributed by atoms with Gasteiger partial charge in [-0.2, -0.15) is 0 Å². The van der Waals surface area contributed by atoms with E-state index >= 15 is 0 Å². The van der Waals surface area contributed by atoms with Gasteiger partial charge in [-0.3, -0.25) is 9.10 Å². The average Bonchev–Trinajstić information content (AvgIpc) is 2.88. The molecule has 1 amide bonds. The fourth-order valence-corrected chi connectivity index (χ4v) is 5.78. The van der Waals surface area contributed by atoms with Crippen molar-refractivity contribution in [2.24, 2.45) is 0 Å². The molecule has 0 saturated heterocycles. The van der Waals surface area contributed by atoms with Crippen molar-refractivity contribution in [1.82, 2.24) is 5.32 Å². The van der Waals surface area contributed by atoms with E-state index in [1.165, 1.54) is 36.4 Å². The Morgan fingerprint density at radius 1 is 1.06 bits per heavy atom. The highest BCUT2D eigenvalue weighted by Gasteiger charge is 2.29. The van der Waals surface area contributed by atoms with Crippen molar-refractivity contribution in [3.63, 3.8) is 0 Å². The van der Waals surface area contributed by atoms with E-state index in [4.69, 9.17) is 9.47 Å². The van der Waals surface area contributed by atoms with Gasteiger partial charge in [0.2, 0.25) is 5.91 Å². The Morgan fingerprint density at radius 3 is 2.42 bits per heavy atom. The Kier molecular flexibility index (Phi) is 7.79. The van der Waals surface area contributed by atoms with E-state index in [1.807, 2.05) is 25.1 Å². The molecule has 0 spiro atoms. The van der Waals surface area contributed by atoms with Gasteiger partial charge in [0, 0.05) is 0 Å². The molecule has 1 atom stereocenters. The van der Waals surface area contributed by atoms with Crippen LogP contribution in [0.2, 0.25) is 0 Å². The lowest BCUT2D eigenvalue weighted by atomic mass is 9.87. The number of halogens is 1. The maximum Gasteiger partial charge on any atom is 0.264 e. The van der Waals surface area contributed by atoms with Crippen LogP contribution < -0.4 is 19.1 Å². The minimum Gasteiger partial charge on any atom is -0.497 e. The van der Waals surface area contributed by atoms with E-state index in [-0.39, 0.29) is 16.6 Å². The largest absolute Gasteiger partial charge is 0.497 e. The summed E-state index contributed by atoms with van der Waals surface area (Å²) >= 11 is 0. The molecule has 0 radical (unpaired) electrons. The van der Waals surface area contributed by atoms with Gasteiger partial charge in [-0.1, -0.05) is 6.07 Å². The van der Waals surface area contributed by atoms with Crippen LogP contribution in [-0.4, -0.2) is 34.6 Å². The smallest absolute Gasteiger partial charge is 0.264 e. The number of hydrogen-bond donors (Lipinski definition) is 1. The Bertz CT molecular complexity index is 1310. The van der Waals surface area contributed by atoms with E-state index < -0.39 is 28.3 Å². The van der Waals surface area contributed by atoms with Crippen LogP contribution in [0.5, 0.6) is 11.5 Å². The first-order valence-corrected chi connectivity index (χ1v) is 13.2. The van der Waals surface area contributed by atoms with Crippen molar-refractivity contribution >= 4 is 21.6 Å². The van der Waals surface area contributed by atoms with Gasteiger partial charge in [0.25, 0.3) is 10.0 Å². The van der Waals surface area contributed by atoms with Crippen molar-refractivity contribution in [3.05, 3.63) is 83.7 Å². The number of benzene rings is 3. The lowest BCUT2D eigenvalue weighted by Crippen LogP contribution is -2.42. The molecule has 0 heterocycles. The lowest BCUT2D eigenvalue weighted by Gasteiger charge is -2.29. The fourth-order valence-electron chi connectivity index (χ4n) is 4.36. The molecule has 0 saturated carbocycles. The summed E-state index contributed by atoms with van der Waals surface area (Å²) in [5, 5.41) is 2.99. The number of ether oxygens (including phenoxy) is 2. The molecule has 3 aromatic rings. The Hall–Kier alpha value is -3.59. The molecule has 7 nitrogen and oxygen atoms in total. The average molecular weight is 513 g/mol. The van der Waals surface area contributed by atoms with Gasteiger partial charge in [0.15, 0.2) is 0 Å². The molecule has 3 aromatic carbocycles. The third-order valence-corrected chi connectivity index (χ3v) is 7.91. The maximum absolute atomic E-state index is 13.6. The number of carbonyl (C=O) groups is 1. The van der Waals surface area contributed by atoms with Crippen LogP contribution in [0, 0.1) is 5.82 Å². The highest BCUT2D eigenvalue weighted by Crippen LogP contribution is 2.32. The Labute approximate surface area is 210 Å².